The molecule has 1 fully saturated rings. The van der Waals surface area contributed by atoms with Crippen molar-refractivity contribution < 1.29 is 23.8 Å². The van der Waals surface area contributed by atoms with E-state index in [1.165, 1.54) is 0 Å². The van der Waals surface area contributed by atoms with Crippen molar-refractivity contribution in [3.8, 4) is 23.3 Å². The third kappa shape index (κ3) is 7.62. The molecule has 0 unspecified atom stereocenters. The first-order valence-electron chi connectivity index (χ1n) is 13.2. The number of halogens is 2. The summed E-state index contributed by atoms with van der Waals surface area (Å²) < 4.78 is 26.3. The standard InChI is InChI=1S/C31H34ClFN2O4/c1-38-25-8-10-29-27(19-25)26(13-15-34-29)28(33)9-5-21-14-17-35(20-23(21)6-12-31(36)37)16-3-4-22-18-24(32)7-11-30(22)39-2/h7-8,10-11,13,15,18-19,21,23,28H,5-6,9,12,14,16-17,20H2,1-2H3,(H,36,37)/t21-,23-,28-/m1/s1. The normalized spacial score (nSPS) is 18.3. The molecule has 3 aromatic rings. The van der Waals surface area contributed by atoms with Crippen LogP contribution in [0.15, 0.2) is 48.7 Å². The van der Waals surface area contributed by atoms with Crippen LogP contribution in [0.1, 0.15) is 49.4 Å². The number of fused-ring (bicyclic) bond motifs is 1. The van der Waals surface area contributed by atoms with Gasteiger partial charge in [-0.2, -0.15) is 0 Å². The van der Waals surface area contributed by atoms with Crippen molar-refractivity contribution in [3.63, 3.8) is 0 Å². The fraction of sp³-hybridized carbons (Fsp3) is 0.419. The Kier molecular flexibility index (Phi) is 10.0. The van der Waals surface area contributed by atoms with Crippen LogP contribution in [0.3, 0.4) is 0 Å². The molecule has 0 bridgehead atoms. The number of aliphatic carboxylic acids is 1. The third-order valence-electron chi connectivity index (χ3n) is 7.50. The molecule has 0 radical (unpaired) electrons. The quantitative estimate of drug-likeness (QED) is 0.288. The Hall–Kier alpha value is -3.34. The first kappa shape index (κ1) is 28.7. The zero-order valence-electron chi connectivity index (χ0n) is 22.3. The Balaban J connectivity index is 1.41. The van der Waals surface area contributed by atoms with E-state index in [9.17, 15) is 9.90 Å². The predicted molar refractivity (Wildman–Crippen MR) is 151 cm³/mol. The van der Waals surface area contributed by atoms with Crippen LogP contribution in [-0.4, -0.2) is 54.8 Å². The van der Waals surface area contributed by atoms with Crippen molar-refractivity contribution in [3.05, 3.63) is 64.8 Å². The predicted octanol–water partition coefficient (Wildman–Crippen LogP) is 6.55. The Morgan fingerprint density at radius 2 is 2.03 bits per heavy atom. The summed E-state index contributed by atoms with van der Waals surface area (Å²) in [6, 6.07) is 12.6. The van der Waals surface area contributed by atoms with E-state index >= 15 is 4.39 Å². The number of rotatable bonds is 10. The SMILES string of the molecule is COc1ccc2nccc([C@H](F)CC[C@@H]3CCN(CC#Cc4cc(Cl)ccc4OC)C[C@H]3CCC(=O)O)c2c1. The average molecular weight is 553 g/mol. The number of pyridine rings is 1. The Morgan fingerprint density at radius 1 is 1.18 bits per heavy atom. The number of hydrogen-bond acceptors (Lipinski definition) is 5. The summed E-state index contributed by atoms with van der Waals surface area (Å²) >= 11 is 6.11. The lowest BCUT2D eigenvalue weighted by Crippen LogP contribution is -2.41. The number of piperidine rings is 1. The Labute approximate surface area is 234 Å². The zero-order chi connectivity index (χ0) is 27.8. The van der Waals surface area contributed by atoms with E-state index in [1.54, 1.807) is 44.7 Å². The van der Waals surface area contributed by atoms with Crippen LogP contribution in [0.4, 0.5) is 4.39 Å². The summed E-state index contributed by atoms with van der Waals surface area (Å²) in [6.07, 6.45) is 3.12. The van der Waals surface area contributed by atoms with Gasteiger partial charge in [0.25, 0.3) is 0 Å². The van der Waals surface area contributed by atoms with E-state index in [2.05, 4.69) is 21.7 Å². The van der Waals surface area contributed by atoms with Crippen molar-refractivity contribution >= 4 is 28.5 Å². The van der Waals surface area contributed by atoms with Gasteiger partial charge in [0.15, 0.2) is 0 Å². The Bertz CT molecular complexity index is 1360. The van der Waals surface area contributed by atoms with Crippen LogP contribution >= 0.6 is 11.6 Å². The van der Waals surface area contributed by atoms with Crippen molar-refractivity contribution in [2.45, 2.75) is 38.3 Å². The van der Waals surface area contributed by atoms with Crippen LogP contribution in [-0.2, 0) is 4.79 Å². The van der Waals surface area contributed by atoms with Crippen LogP contribution in [0.2, 0.25) is 5.02 Å². The Morgan fingerprint density at radius 3 is 2.79 bits per heavy atom. The van der Waals surface area contributed by atoms with Gasteiger partial charge in [-0.3, -0.25) is 14.7 Å². The van der Waals surface area contributed by atoms with E-state index in [4.69, 9.17) is 21.1 Å². The van der Waals surface area contributed by atoms with Crippen LogP contribution < -0.4 is 9.47 Å². The summed E-state index contributed by atoms with van der Waals surface area (Å²) in [7, 11) is 3.19. The number of carbonyl (C=O) groups is 1. The smallest absolute Gasteiger partial charge is 0.303 e. The highest BCUT2D eigenvalue weighted by Gasteiger charge is 2.30. The first-order valence-corrected chi connectivity index (χ1v) is 13.6. The number of carboxylic acids is 1. The molecular formula is C31H34ClFN2O4. The van der Waals surface area contributed by atoms with Gasteiger partial charge in [-0.05, 0) is 92.1 Å². The molecule has 206 valence electrons. The van der Waals surface area contributed by atoms with Crippen molar-refractivity contribution in [2.24, 2.45) is 11.8 Å². The zero-order valence-corrected chi connectivity index (χ0v) is 23.1. The number of methoxy groups -OCH3 is 2. The van der Waals surface area contributed by atoms with Crippen LogP contribution in [0.25, 0.3) is 10.9 Å². The van der Waals surface area contributed by atoms with Crippen molar-refractivity contribution in [2.75, 3.05) is 33.9 Å². The lowest BCUT2D eigenvalue weighted by atomic mass is 9.79. The fourth-order valence-electron chi connectivity index (χ4n) is 5.40. The van der Waals surface area contributed by atoms with Gasteiger partial charge in [0, 0.05) is 29.6 Å². The van der Waals surface area contributed by atoms with E-state index in [-0.39, 0.29) is 18.3 Å². The molecule has 1 aliphatic heterocycles. The molecule has 2 aromatic carbocycles. The van der Waals surface area contributed by atoms with Gasteiger partial charge in [-0.1, -0.05) is 23.4 Å². The highest BCUT2D eigenvalue weighted by atomic mass is 35.5. The van der Waals surface area contributed by atoms with E-state index in [1.807, 2.05) is 18.2 Å². The molecule has 3 atom stereocenters. The van der Waals surface area contributed by atoms with E-state index in [0.717, 1.165) is 36.0 Å². The molecule has 0 spiro atoms. The van der Waals surface area contributed by atoms with Crippen molar-refractivity contribution in [1.29, 1.82) is 0 Å². The minimum atomic E-state index is -1.14. The van der Waals surface area contributed by atoms with E-state index < -0.39 is 12.1 Å². The van der Waals surface area contributed by atoms with Crippen LogP contribution in [0.5, 0.6) is 11.5 Å². The van der Waals surface area contributed by atoms with Gasteiger partial charge in [0.2, 0.25) is 0 Å². The summed E-state index contributed by atoms with van der Waals surface area (Å²) in [4.78, 5) is 18.0. The molecule has 0 aliphatic carbocycles. The molecule has 0 saturated carbocycles. The number of alkyl halides is 1. The second kappa shape index (κ2) is 13.6. The molecule has 39 heavy (non-hydrogen) atoms. The van der Waals surface area contributed by atoms with Gasteiger partial charge >= 0.3 is 5.97 Å². The van der Waals surface area contributed by atoms with Gasteiger partial charge < -0.3 is 14.6 Å². The lowest BCUT2D eigenvalue weighted by molar-refractivity contribution is -0.137. The molecule has 2 heterocycles. The number of benzene rings is 2. The number of aromatic nitrogens is 1. The second-order valence-electron chi connectivity index (χ2n) is 9.95. The number of likely N-dealkylation sites (tertiary alicyclic amines) is 1. The molecule has 8 heteroatoms. The molecule has 1 aromatic heterocycles. The maximum absolute atomic E-state index is 15.6. The highest BCUT2D eigenvalue weighted by molar-refractivity contribution is 6.30. The maximum Gasteiger partial charge on any atom is 0.303 e. The third-order valence-corrected chi connectivity index (χ3v) is 7.74. The minimum Gasteiger partial charge on any atom is -0.497 e. The van der Waals surface area contributed by atoms with Gasteiger partial charge in [-0.25, -0.2) is 4.39 Å². The lowest BCUT2D eigenvalue weighted by Gasteiger charge is -2.38. The number of nitrogens with zero attached hydrogens (tertiary/aromatic N) is 2. The molecule has 6 nitrogen and oxygen atoms in total. The molecular weight excluding hydrogens is 519 g/mol. The fourth-order valence-corrected chi connectivity index (χ4v) is 5.57. The molecule has 4 rings (SSSR count). The second-order valence-corrected chi connectivity index (χ2v) is 10.4. The van der Waals surface area contributed by atoms with Gasteiger partial charge in [-0.15, -0.1) is 0 Å². The molecule has 1 N–H and O–H groups in total. The average Bonchev–Trinajstić information content (AvgIpc) is 2.94. The number of carboxylic acid groups (broad SMARTS) is 1. The summed E-state index contributed by atoms with van der Waals surface area (Å²) in [6.45, 7) is 2.14. The van der Waals surface area contributed by atoms with Gasteiger partial charge in [0.1, 0.15) is 17.7 Å². The van der Waals surface area contributed by atoms with E-state index in [0.29, 0.717) is 47.9 Å². The van der Waals surface area contributed by atoms with Gasteiger partial charge in [0.05, 0.1) is 31.8 Å². The monoisotopic (exact) mass is 552 g/mol. The maximum atomic E-state index is 15.6. The molecule has 0 amide bonds. The highest BCUT2D eigenvalue weighted by Crippen LogP contribution is 2.36. The first-order chi connectivity index (χ1) is 18.9. The molecule has 1 aliphatic rings. The largest absolute Gasteiger partial charge is 0.497 e. The molecule has 1 saturated heterocycles. The number of hydrogen-bond donors (Lipinski definition) is 1. The summed E-state index contributed by atoms with van der Waals surface area (Å²) in [5.74, 6) is 7.32. The summed E-state index contributed by atoms with van der Waals surface area (Å²) in [5.41, 5.74) is 2.09. The van der Waals surface area contributed by atoms with Crippen molar-refractivity contribution in [1.82, 2.24) is 9.88 Å². The minimum absolute atomic E-state index is 0.105. The topological polar surface area (TPSA) is 71.9 Å². The number of ether oxygens (including phenoxy) is 2. The van der Waals surface area contributed by atoms with Crippen LogP contribution in [0, 0.1) is 23.7 Å². The summed E-state index contributed by atoms with van der Waals surface area (Å²) in [5, 5.41) is 10.7.